The monoisotopic (exact) mass is 431 g/mol. The second-order valence-corrected chi connectivity index (χ2v) is 7.39. The summed E-state index contributed by atoms with van der Waals surface area (Å²) in [7, 11) is 0. The van der Waals surface area contributed by atoms with Crippen LogP contribution in [0.2, 0.25) is 0 Å². The van der Waals surface area contributed by atoms with E-state index >= 15 is 0 Å². The number of benzene rings is 2. The van der Waals surface area contributed by atoms with Gasteiger partial charge in [0.1, 0.15) is 12.4 Å². The average Bonchev–Trinajstić information content (AvgIpc) is 3.25. The Kier molecular flexibility index (Phi) is 7.52. The van der Waals surface area contributed by atoms with Gasteiger partial charge in [-0.1, -0.05) is 43.3 Å². The number of carbonyl (C=O) groups is 1. The van der Waals surface area contributed by atoms with E-state index in [-0.39, 0.29) is 18.2 Å². The van der Waals surface area contributed by atoms with E-state index in [1.165, 1.54) is 12.1 Å². The highest BCUT2D eigenvalue weighted by Crippen LogP contribution is 2.30. The van der Waals surface area contributed by atoms with Crippen LogP contribution in [0.1, 0.15) is 47.3 Å². The predicted molar refractivity (Wildman–Crippen MR) is 110 cm³/mol. The molecule has 1 N–H and O–H groups in total. The van der Waals surface area contributed by atoms with E-state index in [1.54, 1.807) is 12.3 Å². The Morgan fingerprint density at radius 2 is 1.77 bits per heavy atom. The van der Waals surface area contributed by atoms with Crippen molar-refractivity contribution < 1.29 is 27.1 Å². The van der Waals surface area contributed by atoms with E-state index in [0.29, 0.717) is 25.3 Å². The lowest BCUT2D eigenvalue weighted by atomic mass is 9.96. The van der Waals surface area contributed by atoms with Crippen LogP contribution in [0.4, 0.5) is 13.2 Å². The fourth-order valence-electron chi connectivity index (χ4n) is 3.16. The Balaban J connectivity index is 1.45. The van der Waals surface area contributed by atoms with Crippen molar-refractivity contribution in [2.45, 2.75) is 45.2 Å². The van der Waals surface area contributed by atoms with Gasteiger partial charge in [-0.25, -0.2) is 0 Å². The Morgan fingerprint density at radius 3 is 2.45 bits per heavy atom. The van der Waals surface area contributed by atoms with Crippen LogP contribution in [-0.2, 0) is 35.5 Å². The fourth-order valence-corrected chi connectivity index (χ4v) is 3.16. The van der Waals surface area contributed by atoms with E-state index in [4.69, 9.17) is 9.15 Å². The Hall–Kier alpha value is -3.06. The molecule has 1 amide bonds. The van der Waals surface area contributed by atoms with Crippen molar-refractivity contribution in [2.24, 2.45) is 0 Å². The van der Waals surface area contributed by atoms with Crippen molar-refractivity contribution in [3.63, 3.8) is 0 Å². The molecule has 31 heavy (non-hydrogen) atoms. The maximum atomic E-state index is 12.7. The third-order valence-corrected chi connectivity index (χ3v) is 4.87. The molecule has 0 aliphatic carbocycles. The van der Waals surface area contributed by atoms with Crippen LogP contribution >= 0.6 is 0 Å². The maximum Gasteiger partial charge on any atom is 0.416 e. The molecule has 0 radical (unpaired) electrons. The van der Waals surface area contributed by atoms with Gasteiger partial charge < -0.3 is 14.5 Å². The number of ether oxygens (including phenoxy) is 1. The zero-order valence-electron chi connectivity index (χ0n) is 17.1. The smallest absolute Gasteiger partial charge is 0.416 e. The van der Waals surface area contributed by atoms with Crippen molar-refractivity contribution in [3.05, 3.63) is 94.9 Å². The molecule has 0 saturated heterocycles. The summed E-state index contributed by atoms with van der Waals surface area (Å²) in [6.45, 7) is 2.99. The zero-order chi connectivity index (χ0) is 22.3. The van der Waals surface area contributed by atoms with Gasteiger partial charge in [-0.05, 0) is 46.9 Å². The number of amides is 1. The normalized spacial score (nSPS) is 12.5. The maximum absolute atomic E-state index is 12.7. The molecular weight excluding hydrogens is 407 g/mol. The first-order valence-corrected chi connectivity index (χ1v) is 9.93. The Bertz CT molecular complexity index is 966. The molecule has 0 spiro atoms. The van der Waals surface area contributed by atoms with Crippen molar-refractivity contribution in [1.29, 1.82) is 0 Å². The number of rotatable bonds is 9. The molecule has 3 rings (SSSR count). The van der Waals surface area contributed by atoms with Gasteiger partial charge in [0.2, 0.25) is 5.91 Å². The number of carbonyl (C=O) groups excluding carboxylic acids is 1. The second kappa shape index (κ2) is 10.3. The first-order chi connectivity index (χ1) is 14.8. The van der Waals surface area contributed by atoms with E-state index in [1.807, 2.05) is 37.3 Å². The molecule has 0 saturated carbocycles. The van der Waals surface area contributed by atoms with Gasteiger partial charge in [-0.15, -0.1) is 0 Å². The molecular formula is C24H24F3NO3. The Morgan fingerprint density at radius 1 is 1.03 bits per heavy atom. The molecule has 164 valence electrons. The third-order valence-electron chi connectivity index (χ3n) is 4.87. The second-order valence-electron chi connectivity index (χ2n) is 7.39. The van der Waals surface area contributed by atoms with Crippen molar-refractivity contribution >= 4 is 5.91 Å². The van der Waals surface area contributed by atoms with Gasteiger partial charge in [0.25, 0.3) is 0 Å². The van der Waals surface area contributed by atoms with Gasteiger partial charge in [0.15, 0.2) is 0 Å². The summed E-state index contributed by atoms with van der Waals surface area (Å²) in [6.07, 6.45) is -2.57. The number of furan rings is 1. The molecule has 0 aliphatic heterocycles. The number of halogens is 3. The highest BCUT2D eigenvalue weighted by Gasteiger charge is 2.30. The number of hydrogen-bond acceptors (Lipinski definition) is 3. The van der Waals surface area contributed by atoms with E-state index < -0.39 is 11.7 Å². The number of nitrogens with one attached hydrogen (secondary N) is 1. The van der Waals surface area contributed by atoms with E-state index in [9.17, 15) is 18.0 Å². The van der Waals surface area contributed by atoms with Crippen LogP contribution in [0.5, 0.6) is 0 Å². The molecule has 1 unspecified atom stereocenters. The third kappa shape index (κ3) is 7.00. The van der Waals surface area contributed by atoms with Crippen LogP contribution in [0.25, 0.3) is 0 Å². The van der Waals surface area contributed by atoms with E-state index in [2.05, 4.69) is 5.32 Å². The minimum atomic E-state index is -4.36. The van der Waals surface area contributed by atoms with Crippen molar-refractivity contribution in [1.82, 2.24) is 5.32 Å². The lowest BCUT2D eigenvalue weighted by Crippen LogP contribution is -2.24. The van der Waals surface area contributed by atoms with Gasteiger partial charge in [0, 0.05) is 13.0 Å². The molecule has 1 aromatic heterocycles. The van der Waals surface area contributed by atoms with Gasteiger partial charge in [0.05, 0.1) is 18.4 Å². The molecule has 3 aromatic rings. The van der Waals surface area contributed by atoms with Gasteiger partial charge >= 0.3 is 6.18 Å². The molecule has 0 fully saturated rings. The molecule has 1 heterocycles. The summed E-state index contributed by atoms with van der Waals surface area (Å²) in [6, 6.07) is 16.3. The topological polar surface area (TPSA) is 51.5 Å². The van der Waals surface area contributed by atoms with Crippen molar-refractivity contribution in [3.8, 4) is 0 Å². The van der Waals surface area contributed by atoms with Crippen LogP contribution in [0, 0.1) is 0 Å². The number of alkyl halides is 3. The molecule has 1 atom stereocenters. The summed E-state index contributed by atoms with van der Waals surface area (Å²) < 4.78 is 48.9. The highest BCUT2D eigenvalue weighted by molar-refractivity contribution is 5.76. The molecule has 0 aliphatic rings. The van der Waals surface area contributed by atoms with Crippen molar-refractivity contribution in [2.75, 3.05) is 0 Å². The lowest BCUT2D eigenvalue weighted by Gasteiger charge is -2.14. The summed E-state index contributed by atoms with van der Waals surface area (Å²) >= 11 is 0. The molecule has 7 heteroatoms. The largest absolute Gasteiger partial charge is 0.467 e. The number of hydrogen-bond donors (Lipinski definition) is 1. The fraction of sp³-hybridized carbons (Fsp3) is 0.292. The summed E-state index contributed by atoms with van der Waals surface area (Å²) in [4.78, 5) is 12.3. The summed E-state index contributed by atoms with van der Waals surface area (Å²) in [5, 5.41) is 2.87. The molecule has 0 bridgehead atoms. The lowest BCUT2D eigenvalue weighted by molar-refractivity contribution is -0.137. The van der Waals surface area contributed by atoms with Crippen LogP contribution in [-0.4, -0.2) is 5.91 Å². The first kappa shape index (κ1) is 22.6. The minimum Gasteiger partial charge on any atom is -0.467 e. The first-order valence-electron chi connectivity index (χ1n) is 9.93. The van der Waals surface area contributed by atoms with E-state index in [0.717, 1.165) is 29.0 Å². The molecule has 2 aromatic carbocycles. The quantitative estimate of drug-likeness (QED) is 0.464. The van der Waals surface area contributed by atoms with Gasteiger partial charge in [-0.3, -0.25) is 4.79 Å². The zero-order valence-corrected chi connectivity index (χ0v) is 17.1. The summed E-state index contributed by atoms with van der Waals surface area (Å²) in [5.74, 6) is 0.404. The van der Waals surface area contributed by atoms with Crippen LogP contribution in [0.3, 0.4) is 0 Å². The van der Waals surface area contributed by atoms with Crippen LogP contribution in [0.15, 0.2) is 71.3 Å². The highest BCUT2D eigenvalue weighted by atomic mass is 19.4. The predicted octanol–water partition coefficient (Wildman–Crippen LogP) is 5.83. The SMILES string of the molecule is CC(CC(=O)NCc1cccc(COCc2ccco2)c1)c1ccc(C(F)(F)F)cc1. The summed E-state index contributed by atoms with van der Waals surface area (Å²) in [5.41, 5.74) is 1.92. The molecule has 4 nitrogen and oxygen atoms in total. The van der Waals surface area contributed by atoms with Crippen LogP contribution < -0.4 is 5.32 Å². The minimum absolute atomic E-state index is 0.160. The standard InChI is InChI=1S/C24H24F3NO3/c1-17(20-7-9-21(10-8-20)24(25,26)27)12-23(29)28-14-18-4-2-5-19(13-18)15-30-16-22-6-3-11-31-22/h2-11,13,17H,12,14-16H2,1H3,(H,28,29). The Labute approximate surface area is 179 Å². The average molecular weight is 431 g/mol. The van der Waals surface area contributed by atoms with Gasteiger partial charge in [-0.2, -0.15) is 13.2 Å².